The molecule has 3 aromatic rings. The van der Waals surface area contributed by atoms with Gasteiger partial charge in [-0.2, -0.15) is 5.10 Å². The monoisotopic (exact) mass is 410 g/mol. The van der Waals surface area contributed by atoms with Gasteiger partial charge < -0.3 is 5.32 Å². The predicted molar refractivity (Wildman–Crippen MR) is 103 cm³/mol. The minimum Gasteiger partial charge on any atom is -0.351 e. The molecule has 0 spiro atoms. The zero-order chi connectivity index (χ0) is 18.0. The van der Waals surface area contributed by atoms with E-state index < -0.39 is 0 Å². The second kappa shape index (κ2) is 7.03. The lowest BCUT2D eigenvalue weighted by molar-refractivity contribution is -0.130. The van der Waals surface area contributed by atoms with Crippen molar-refractivity contribution >= 4 is 21.8 Å². The van der Waals surface area contributed by atoms with Crippen LogP contribution in [0.15, 0.2) is 65.7 Å². The van der Waals surface area contributed by atoms with Gasteiger partial charge in [0.15, 0.2) is 0 Å². The standard InChI is InChI=1S/C20H19BrN4O/c21-17-6-4-16(5-7-17)20(10-1-11-20)19(26)23-12-15-2-8-18(9-3-15)25-14-22-13-24-25/h2-9,13-14H,1,10-12H2,(H,23,26). The van der Waals surface area contributed by atoms with Crippen LogP contribution in [-0.4, -0.2) is 20.7 Å². The summed E-state index contributed by atoms with van der Waals surface area (Å²) in [6.07, 6.45) is 6.08. The molecule has 1 aliphatic carbocycles. The van der Waals surface area contributed by atoms with Crippen molar-refractivity contribution < 1.29 is 4.79 Å². The molecule has 0 radical (unpaired) electrons. The van der Waals surface area contributed by atoms with Crippen molar-refractivity contribution in [2.24, 2.45) is 0 Å². The molecule has 0 bridgehead atoms. The number of nitrogens with one attached hydrogen (secondary N) is 1. The summed E-state index contributed by atoms with van der Waals surface area (Å²) in [6.45, 7) is 0.523. The molecule has 0 aliphatic heterocycles. The number of hydrogen-bond donors (Lipinski definition) is 1. The fraction of sp³-hybridized carbons (Fsp3) is 0.250. The van der Waals surface area contributed by atoms with E-state index in [4.69, 9.17) is 0 Å². The van der Waals surface area contributed by atoms with E-state index in [9.17, 15) is 4.79 Å². The quantitative estimate of drug-likeness (QED) is 0.696. The zero-order valence-electron chi connectivity index (χ0n) is 14.2. The molecule has 1 fully saturated rings. The van der Waals surface area contributed by atoms with Crippen molar-refractivity contribution in [3.8, 4) is 5.69 Å². The van der Waals surface area contributed by atoms with E-state index in [1.54, 1.807) is 11.0 Å². The second-order valence-corrected chi connectivity index (χ2v) is 7.55. The highest BCUT2D eigenvalue weighted by molar-refractivity contribution is 9.10. The van der Waals surface area contributed by atoms with Crippen molar-refractivity contribution in [3.63, 3.8) is 0 Å². The number of benzene rings is 2. The number of rotatable bonds is 5. The molecule has 1 amide bonds. The van der Waals surface area contributed by atoms with Gasteiger partial charge in [-0.05, 0) is 48.2 Å². The normalized spacial score (nSPS) is 15.3. The van der Waals surface area contributed by atoms with Gasteiger partial charge in [-0.1, -0.05) is 46.6 Å². The number of hydrogen-bond acceptors (Lipinski definition) is 3. The van der Waals surface area contributed by atoms with Crippen LogP contribution in [0, 0.1) is 0 Å². The Morgan fingerprint density at radius 1 is 1.12 bits per heavy atom. The Morgan fingerprint density at radius 2 is 1.85 bits per heavy atom. The third-order valence-corrected chi connectivity index (χ3v) is 5.64. The molecule has 26 heavy (non-hydrogen) atoms. The molecule has 0 unspecified atom stereocenters. The number of carbonyl (C=O) groups is 1. The summed E-state index contributed by atoms with van der Waals surface area (Å²) in [7, 11) is 0. The van der Waals surface area contributed by atoms with Gasteiger partial charge in [0.1, 0.15) is 12.7 Å². The van der Waals surface area contributed by atoms with Gasteiger partial charge in [-0.3, -0.25) is 4.79 Å². The minimum absolute atomic E-state index is 0.117. The summed E-state index contributed by atoms with van der Waals surface area (Å²) in [5.41, 5.74) is 2.74. The van der Waals surface area contributed by atoms with Crippen molar-refractivity contribution in [2.45, 2.75) is 31.2 Å². The van der Waals surface area contributed by atoms with E-state index >= 15 is 0 Å². The van der Waals surface area contributed by atoms with Crippen molar-refractivity contribution in [1.82, 2.24) is 20.1 Å². The van der Waals surface area contributed by atoms with Gasteiger partial charge in [-0.25, -0.2) is 9.67 Å². The first-order chi connectivity index (χ1) is 12.7. The molecule has 1 N–H and O–H groups in total. The summed E-state index contributed by atoms with van der Waals surface area (Å²) < 4.78 is 2.74. The highest BCUT2D eigenvalue weighted by Crippen LogP contribution is 2.44. The molecule has 132 valence electrons. The van der Waals surface area contributed by atoms with E-state index in [1.807, 2.05) is 36.4 Å². The smallest absolute Gasteiger partial charge is 0.230 e. The molecule has 6 heteroatoms. The lowest BCUT2D eigenvalue weighted by Gasteiger charge is -2.40. The maximum absolute atomic E-state index is 12.9. The Morgan fingerprint density at radius 3 is 2.42 bits per heavy atom. The molecule has 1 heterocycles. The van der Waals surface area contributed by atoms with Gasteiger partial charge in [0.2, 0.25) is 5.91 Å². The summed E-state index contributed by atoms with van der Waals surface area (Å²) in [5.74, 6) is 0.117. The van der Waals surface area contributed by atoms with E-state index in [-0.39, 0.29) is 11.3 Å². The number of carbonyl (C=O) groups excluding carboxylic acids is 1. The largest absolute Gasteiger partial charge is 0.351 e. The first-order valence-corrected chi connectivity index (χ1v) is 9.45. The lowest BCUT2D eigenvalue weighted by Crippen LogP contribution is -2.48. The van der Waals surface area contributed by atoms with E-state index in [1.165, 1.54) is 6.33 Å². The molecule has 1 aromatic heterocycles. The highest BCUT2D eigenvalue weighted by Gasteiger charge is 2.45. The van der Waals surface area contributed by atoms with Gasteiger partial charge in [0.05, 0.1) is 11.1 Å². The average Bonchev–Trinajstić information content (AvgIpc) is 3.16. The first kappa shape index (κ1) is 17.0. The number of aromatic nitrogens is 3. The fourth-order valence-corrected chi connectivity index (χ4v) is 3.67. The minimum atomic E-state index is -0.374. The summed E-state index contributed by atoms with van der Waals surface area (Å²) in [6, 6.07) is 16.1. The third-order valence-electron chi connectivity index (χ3n) is 5.11. The Hall–Kier alpha value is -2.47. The van der Waals surface area contributed by atoms with Crippen LogP contribution in [0.25, 0.3) is 5.69 Å². The average molecular weight is 411 g/mol. The Balaban J connectivity index is 1.43. The van der Waals surface area contributed by atoms with Gasteiger partial charge >= 0.3 is 0 Å². The van der Waals surface area contributed by atoms with Crippen LogP contribution < -0.4 is 5.32 Å². The van der Waals surface area contributed by atoms with Crippen molar-refractivity contribution in [1.29, 1.82) is 0 Å². The van der Waals surface area contributed by atoms with Crippen LogP contribution in [0.4, 0.5) is 0 Å². The molecule has 0 atom stereocenters. The third kappa shape index (κ3) is 3.17. The molecular formula is C20H19BrN4O. The summed E-state index contributed by atoms with van der Waals surface area (Å²) in [4.78, 5) is 16.9. The van der Waals surface area contributed by atoms with Gasteiger partial charge in [0.25, 0.3) is 0 Å². The van der Waals surface area contributed by atoms with E-state index in [0.29, 0.717) is 6.54 Å². The lowest BCUT2D eigenvalue weighted by atomic mass is 9.64. The first-order valence-electron chi connectivity index (χ1n) is 8.66. The second-order valence-electron chi connectivity index (χ2n) is 6.63. The molecular weight excluding hydrogens is 392 g/mol. The Kier molecular flexibility index (Phi) is 4.59. The fourth-order valence-electron chi connectivity index (χ4n) is 3.41. The highest BCUT2D eigenvalue weighted by atomic mass is 79.9. The molecule has 1 saturated carbocycles. The molecule has 4 rings (SSSR count). The SMILES string of the molecule is O=C(NCc1ccc(-n2cncn2)cc1)C1(c2ccc(Br)cc2)CCC1. The van der Waals surface area contributed by atoms with Crippen molar-refractivity contribution in [2.75, 3.05) is 0 Å². The molecule has 0 saturated heterocycles. The topological polar surface area (TPSA) is 59.8 Å². The molecule has 1 aliphatic rings. The zero-order valence-corrected chi connectivity index (χ0v) is 15.8. The van der Waals surface area contributed by atoms with Gasteiger partial charge in [0, 0.05) is 11.0 Å². The number of halogens is 1. The Bertz CT molecular complexity index is 885. The molecule has 2 aromatic carbocycles. The van der Waals surface area contributed by atoms with Gasteiger partial charge in [-0.15, -0.1) is 0 Å². The van der Waals surface area contributed by atoms with Crippen LogP contribution in [0.2, 0.25) is 0 Å². The van der Waals surface area contributed by atoms with Crippen molar-refractivity contribution in [3.05, 3.63) is 76.8 Å². The van der Waals surface area contributed by atoms with E-state index in [0.717, 1.165) is 40.5 Å². The maximum Gasteiger partial charge on any atom is 0.230 e. The van der Waals surface area contributed by atoms with Crippen LogP contribution in [-0.2, 0) is 16.8 Å². The van der Waals surface area contributed by atoms with E-state index in [2.05, 4.69) is 43.5 Å². The summed E-state index contributed by atoms with van der Waals surface area (Å²) in [5, 5.41) is 7.24. The molecule has 5 nitrogen and oxygen atoms in total. The Labute approximate surface area is 160 Å². The number of nitrogens with zero attached hydrogens (tertiary/aromatic N) is 3. The predicted octanol–water partition coefficient (Wildman–Crippen LogP) is 3.77. The van der Waals surface area contributed by atoms with Crippen LogP contribution in [0.1, 0.15) is 30.4 Å². The maximum atomic E-state index is 12.9. The van der Waals surface area contributed by atoms with Crippen LogP contribution >= 0.6 is 15.9 Å². The number of amides is 1. The summed E-state index contributed by atoms with van der Waals surface area (Å²) >= 11 is 3.46. The van der Waals surface area contributed by atoms with Crippen LogP contribution in [0.5, 0.6) is 0 Å². The van der Waals surface area contributed by atoms with Crippen LogP contribution in [0.3, 0.4) is 0 Å².